The molecule has 1 atom stereocenters. The van der Waals surface area contributed by atoms with Crippen LogP contribution in [0.25, 0.3) is 0 Å². The summed E-state index contributed by atoms with van der Waals surface area (Å²) in [7, 11) is 0. The Morgan fingerprint density at radius 3 is 2.29 bits per heavy atom. The number of amides is 1. The highest BCUT2D eigenvalue weighted by molar-refractivity contribution is 5.85. The van der Waals surface area contributed by atoms with Crippen molar-refractivity contribution >= 4 is 18.3 Å². The van der Waals surface area contributed by atoms with E-state index in [1.54, 1.807) is 0 Å². The molecule has 1 saturated heterocycles. The van der Waals surface area contributed by atoms with Gasteiger partial charge in [0.1, 0.15) is 0 Å². The Hall–Kier alpha value is -1.10. The van der Waals surface area contributed by atoms with E-state index in [1.807, 2.05) is 35.2 Å². The van der Waals surface area contributed by atoms with Crippen LogP contribution in [0.1, 0.15) is 56.6 Å². The van der Waals surface area contributed by atoms with Crippen LogP contribution < -0.4 is 5.73 Å². The first-order valence-corrected chi connectivity index (χ1v) is 8.96. The number of ether oxygens (including phenoxy) is 1. The lowest BCUT2D eigenvalue weighted by Crippen LogP contribution is -2.42. The van der Waals surface area contributed by atoms with Gasteiger partial charge in [0.25, 0.3) is 0 Å². The molecule has 1 unspecified atom stereocenters. The fourth-order valence-electron chi connectivity index (χ4n) is 3.67. The van der Waals surface area contributed by atoms with Crippen LogP contribution in [0.3, 0.4) is 0 Å². The predicted molar refractivity (Wildman–Crippen MR) is 98.2 cm³/mol. The summed E-state index contributed by atoms with van der Waals surface area (Å²) >= 11 is 0. The van der Waals surface area contributed by atoms with E-state index in [0.717, 1.165) is 31.5 Å². The number of hydrogen-bond donors (Lipinski definition) is 1. The van der Waals surface area contributed by atoms with E-state index < -0.39 is 0 Å². The van der Waals surface area contributed by atoms with Gasteiger partial charge in [-0.05, 0) is 31.2 Å². The zero-order valence-corrected chi connectivity index (χ0v) is 15.0. The number of nitrogens with zero attached hydrogens (tertiary/aromatic N) is 1. The van der Waals surface area contributed by atoms with Gasteiger partial charge < -0.3 is 15.4 Å². The van der Waals surface area contributed by atoms with Crippen LogP contribution in [0.5, 0.6) is 0 Å². The van der Waals surface area contributed by atoms with Gasteiger partial charge in [-0.2, -0.15) is 0 Å². The second kappa shape index (κ2) is 9.40. The first-order chi connectivity index (χ1) is 11.2. The number of carbonyl (C=O) groups excluding carboxylic acids is 1. The molecule has 1 heterocycles. The lowest BCUT2D eigenvalue weighted by molar-refractivity contribution is -0.135. The molecule has 0 bridgehead atoms. The third kappa shape index (κ3) is 5.20. The molecule has 2 aliphatic rings. The number of carbonyl (C=O) groups is 1. The van der Waals surface area contributed by atoms with Crippen molar-refractivity contribution in [3.63, 3.8) is 0 Å². The van der Waals surface area contributed by atoms with E-state index in [2.05, 4.69) is 0 Å². The molecule has 1 aliphatic heterocycles. The minimum Gasteiger partial charge on any atom is -0.375 e. The smallest absolute Gasteiger partial charge is 0.224 e. The fraction of sp³-hybridized carbons (Fsp3) is 0.632. The van der Waals surface area contributed by atoms with Crippen LogP contribution in [0.15, 0.2) is 30.3 Å². The predicted octanol–water partition coefficient (Wildman–Crippen LogP) is 3.45. The van der Waals surface area contributed by atoms with Crippen molar-refractivity contribution in [1.82, 2.24) is 4.90 Å². The van der Waals surface area contributed by atoms with Crippen molar-refractivity contribution in [3.8, 4) is 0 Å². The molecule has 134 valence electrons. The first kappa shape index (κ1) is 19.2. The number of likely N-dealkylation sites (tertiary alicyclic amines) is 1. The van der Waals surface area contributed by atoms with Crippen molar-refractivity contribution in [2.24, 2.45) is 5.73 Å². The molecule has 5 heteroatoms. The summed E-state index contributed by atoms with van der Waals surface area (Å²) in [5.74, 6) is 0.167. The number of nitrogens with two attached hydrogens (primary N) is 1. The SMILES string of the molecule is Cl.NC(CC(=O)N1CCC(OC2CCCC2)CC1)c1ccccc1. The molecule has 2 fully saturated rings. The van der Waals surface area contributed by atoms with Gasteiger partial charge in [0.15, 0.2) is 0 Å². The summed E-state index contributed by atoms with van der Waals surface area (Å²) in [6.45, 7) is 1.61. The van der Waals surface area contributed by atoms with Crippen LogP contribution in [0, 0.1) is 0 Å². The van der Waals surface area contributed by atoms with Crippen molar-refractivity contribution in [3.05, 3.63) is 35.9 Å². The maximum Gasteiger partial charge on any atom is 0.224 e. The average Bonchev–Trinajstić information content (AvgIpc) is 3.09. The van der Waals surface area contributed by atoms with E-state index in [4.69, 9.17) is 10.5 Å². The lowest BCUT2D eigenvalue weighted by atomic mass is 10.0. The Morgan fingerprint density at radius 1 is 1.08 bits per heavy atom. The van der Waals surface area contributed by atoms with E-state index in [1.165, 1.54) is 25.7 Å². The van der Waals surface area contributed by atoms with E-state index >= 15 is 0 Å². The molecular formula is C19H29ClN2O2. The third-order valence-corrected chi connectivity index (χ3v) is 5.10. The molecule has 0 spiro atoms. The van der Waals surface area contributed by atoms with Crippen LogP contribution >= 0.6 is 12.4 Å². The summed E-state index contributed by atoms with van der Waals surface area (Å²) in [5.41, 5.74) is 7.19. The molecule has 24 heavy (non-hydrogen) atoms. The van der Waals surface area contributed by atoms with Gasteiger partial charge in [-0.1, -0.05) is 43.2 Å². The standard InChI is InChI=1S/C19H28N2O2.ClH/c20-18(15-6-2-1-3-7-15)14-19(22)21-12-10-17(11-13-21)23-16-8-4-5-9-16;/h1-3,6-7,16-18H,4-5,8-14,20H2;1H. The van der Waals surface area contributed by atoms with Crippen molar-refractivity contribution in [1.29, 1.82) is 0 Å². The maximum atomic E-state index is 12.4. The zero-order valence-electron chi connectivity index (χ0n) is 14.2. The van der Waals surface area contributed by atoms with E-state index in [-0.39, 0.29) is 24.4 Å². The number of halogens is 1. The minimum atomic E-state index is -0.212. The van der Waals surface area contributed by atoms with Crippen molar-refractivity contribution in [2.45, 2.75) is 63.2 Å². The molecule has 4 nitrogen and oxygen atoms in total. The third-order valence-electron chi connectivity index (χ3n) is 5.10. The Morgan fingerprint density at radius 2 is 1.67 bits per heavy atom. The van der Waals surface area contributed by atoms with E-state index in [0.29, 0.717) is 18.6 Å². The average molecular weight is 353 g/mol. The Kier molecular flexibility index (Phi) is 7.53. The summed E-state index contributed by atoms with van der Waals surface area (Å²) in [6, 6.07) is 9.65. The molecule has 1 aromatic carbocycles. The van der Waals surface area contributed by atoms with Gasteiger partial charge in [0.05, 0.1) is 12.2 Å². The quantitative estimate of drug-likeness (QED) is 0.883. The highest BCUT2D eigenvalue weighted by atomic mass is 35.5. The lowest BCUT2D eigenvalue weighted by Gasteiger charge is -2.34. The Labute approximate surface area is 151 Å². The van der Waals surface area contributed by atoms with Crippen LogP contribution in [-0.2, 0) is 9.53 Å². The molecule has 1 aliphatic carbocycles. The molecule has 0 aromatic heterocycles. The van der Waals surface area contributed by atoms with Gasteiger partial charge in [-0.25, -0.2) is 0 Å². The Bertz CT molecular complexity index is 497. The molecule has 1 amide bonds. The van der Waals surface area contributed by atoms with Crippen LogP contribution in [0.4, 0.5) is 0 Å². The van der Waals surface area contributed by atoms with Gasteiger partial charge in [-0.3, -0.25) is 4.79 Å². The van der Waals surface area contributed by atoms with Gasteiger partial charge in [0, 0.05) is 25.6 Å². The largest absolute Gasteiger partial charge is 0.375 e. The molecular weight excluding hydrogens is 324 g/mol. The van der Waals surface area contributed by atoms with Gasteiger partial charge in [0.2, 0.25) is 5.91 Å². The summed E-state index contributed by atoms with van der Waals surface area (Å²) in [5, 5.41) is 0. The summed E-state index contributed by atoms with van der Waals surface area (Å²) in [6.07, 6.45) is 8.15. The maximum absolute atomic E-state index is 12.4. The molecule has 1 aromatic rings. The molecule has 3 rings (SSSR count). The summed E-state index contributed by atoms with van der Waals surface area (Å²) in [4.78, 5) is 14.4. The Balaban J connectivity index is 0.00000208. The monoisotopic (exact) mass is 352 g/mol. The number of rotatable bonds is 5. The van der Waals surface area contributed by atoms with Crippen LogP contribution in [-0.4, -0.2) is 36.1 Å². The first-order valence-electron chi connectivity index (χ1n) is 8.96. The topological polar surface area (TPSA) is 55.6 Å². The van der Waals surface area contributed by atoms with Crippen LogP contribution in [0.2, 0.25) is 0 Å². The van der Waals surface area contributed by atoms with Gasteiger partial charge in [-0.15, -0.1) is 12.4 Å². The second-order valence-corrected chi connectivity index (χ2v) is 6.84. The molecule has 1 saturated carbocycles. The summed E-state index contributed by atoms with van der Waals surface area (Å²) < 4.78 is 6.17. The zero-order chi connectivity index (χ0) is 16.1. The molecule has 2 N–H and O–H groups in total. The highest BCUT2D eigenvalue weighted by Crippen LogP contribution is 2.26. The number of piperidine rings is 1. The van der Waals surface area contributed by atoms with Crippen molar-refractivity contribution in [2.75, 3.05) is 13.1 Å². The highest BCUT2D eigenvalue weighted by Gasteiger charge is 2.27. The second-order valence-electron chi connectivity index (χ2n) is 6.84. The van der Waals surface area contributed by atoms with Gasteiger partial charge >= 0.3 is 0 Å². The van der Waals surface area contributed by atoms with E-state index in [9.17, 15) is 4.79 Å². The minimum absolute atomic E-state index is 0. The normalized spacial score (nSPS) is 20.6. The fourth-order valence-corrected chi connectivity index (χ4v) is 3.67. The number of benzene rings is 1. The van der Waals surface area contributed by atoms with Crippen molar-refractivity contribution < 1.29 is 9.53 Å². The molecule has 0 radical (unpaired) electrons. The number of hydrogen-bond acceptors (Lipinski definition) is 3.